The molecule has 3 heteroatoms. The zero-order chi connectivity index (χ0) is 29.7. The Kier molecular flexibility index (Phi) is 5.28. The summed E-state index contributed by atoms with van der Waals surface area (Å²) in [7, 11) is 0. The van der Waals surface area contributed by atoms with E-state index in [1.54, 1.807) is 0 Å². The van der Waals surface area contributed by atoms with Gasteiger partial charge in [-0.05, 0) is 119 Å². The number of nitrogens with zero attached hydrogens (tertiary/aromatic N) is 1. The lowest BCUT2D eigenvalue weighted by atomic mass is 9.81. The van der Waals surface area contributed by atoms with E-state index in [-0.39, 0.29) is 5.41 Å². The number of fused-ring (bicyclic) bond motifs is 8. The third kappa shape index (κ3) is 3.66. The van der Waals surface area contributed by atoms with Crippen LogP contribution in [0.15, 0.2) is 115 Å². The summed E-state index contributed by atoms with van der Waals surface area (Å²) in [6.07, 6.45) is 0. The molecular formula is C41H31NOS. The molecule has 0 N–H and O–H groups in total. The van der Waals surface area contributed by atoms with E-state index in [4.69, 9.17) is 4.74 Å². The molecule has 1 aromatic heterocycles. The van der Waals surface area contributed by atoms with Crippen molar-refractivity contribution in [3.05, 3.63) is 138 Å². The number of anilines is 3. The van der Waals surface area contributed by atoms with Crippen LogP contribution in [0.4, 0.5) is 17.1 Å². The highest BCUT2D eigenvalue weighted by molar-refractivity contribution is 7.25. The maximum Gasteiger partial charge on any atom is 0.151 e. The van der Waals surface area contributed by atoms with Crippen LogP contribution >= 0.6 is 11.3 Å². The second-order valence-corrected chi connectivity index (χ2v) is 13.9. The van der Waals surface area contributed by atoms with Crippen LogP contribution in [-0.2, 0) is 5.41 Å². The average Bonchev–Trinajstić information content (AvgIpc) is 3.51. The highest BCUT2D eigenvalue weighted by Gasteiger charge is 2.37. The molecule has 1 aliphatic carbocycles. The Morgan fingerprint density at radius 3 is 1.93 bits per heavy atom. The van der Waals surface area contributed by atoms with E-state index in [1.807, 2.05) is 11.3 Å². The van der Waals surface area contributed by atoms with Crippen molar-refractivity contribution in [1.82, 2.24) is 0 Å². The van der Waals surface area contributed by atoms with Gasteiger partial charge in [-0.25, -0.2) is 0 Å². The molecule has 0 unspecified atom stereocenters. The molecule has 2 heterocycles. The van der Waals surface area contributed by atoms with Gasteiger partial charge in [0.1, 0.15) is 0 Å². The van der Waals surface area contributed by atoms with Crippen molar-refractivity contribution in [2.24, 2.45) is 0 Å². The summed E-state index contributed by atoms with van der Waals surface area (Å²) in [6.45, 7) is 8.97. The Hall–Kier alpha value is -4.86. The predicted molar refractivity (Wildman–Crippen MR) is 187 cm³/mol. The Morgan fingerprint density at radius 1 is 0.568 bits per heavy atom. The minimum absolute atomic E-state index is 0.144. The number of rotatable bonds is 2. The topological polar surface area (TPSA) is 12.5 Å². The van der Waals surface area contributed by atoms with E-state index in [0.717, 1.165) is 28.6 Å². The number of hydrogen-bond acceptors (Lipinski definition) is 3. The van der Waals surface area contributed by atoms with Gasteiger partial charge in [-0.15, -0.1) is 11.3 Å². The van der Waals surface area contributed by atoms with Gasteiger partial charge in [-0.2, -0.15) is 0 Å². The molecule has 44 heavy (non-hydrogen) atoms. The Morgan fingerprint density at radius 2 is 1.18 bits per heavy atom. The van der Waals surface area contributed by atoms with Gasteiger partial charge in [0.2, 0.25) is 0 Å². The van der Waals surface area contributed by atoms with Gasteiger partial charge < -0.3 is 9.64 Å². The quantitative estimate of drug-likeness (QED) is 0.200. The van der Waals surface area contributed by atoms with Crippen LogP contribution in [0.25, 0.3) is 42.4 Å². The van der Waals surface area contributed by atoms with Gasteiger partial charge in [0.15, 0.2) is 11.5 Å². The van der Waals surface area contributed by atoms with E-state index in [0.29, 0.717) is 0 Å². The zero-order valence-electron chi connectivity index (χ0n) is 25.2. The Bertz CT molecular complexity index is 2270. The number of aryl methyl sites for hydroxylation is 2. The van der Waals surface area contributed by atoms with Gasteiger partial charge >= 0.3 is 0 Å². The van der Waals surface area contributed by atoms with E-state index < -0.39 is 0 Å². The molecule has 1 aliphatic heterocycles. The lowest BCUT2D eigenvalue weighted by molar-refractivity contribution is 0.476. The van der Waals surface area contributed by atoms with Crippen molar-refractivity contribution in [1.29, 1.82) is 0 Å². The molecule has 0 radical (unpaired) electrons. The van der Waals surface area contributed by atoms with Crippen LogP contribution in [0.3, 0.4) is 0 Å². The first-order chi connectivity index (χ1) is 21.3. The molecule has 212 valence electrons. The Labute approximate surface area is 261 Å². The van der Waals surface area contributed by atoms with Crippen molar-refractivity contribution in [3.63, 3.8) is 0 Å². The maximum absolute atomic E-state index is 6.43. The fourth-order valence-electron chi connectivity index (χ4n) is 7.25. The van der Waals surface area contributed by atoms with Crippen molar-refractivity contribution >= 4 is 48.6 Å². The predicted octanol–water partition coefficient (Wildman–Crippen LogP) is 12.2. The van der Waals surface area contributed by atoms with Crippen LogP contribution in [0.1, 0.15) is 36.1 Å². The molecule has 0 atom stereocenters. The summed E-state index contributed by atoms with van der Waals surface area (Å²) in [4.78, 5) is 2.36. The molecule has 7 aromatic rings. The zero-order valence-corrected chi connectivity index (χ0v) is 26.0. The normalized spacial score (nSPS) is 14.2. The largest absolute Gasteiger partial charge is 0.453 e. The molecule has 0 amide bonds. The van der Waals surface area contributed by atoms with Gasteiger partial charge in [-0.3, -0.25) is 0 Å². The van der Waals surface area contributed by atoms with Crippen LogP contribution in [0.2, 0.25) is 0 Å². The van der Waals surface area contributed by atoms with Gasteiger partial charge in [-0.1, -0.05) is 68.4 Å². The third-order valence-electron chi connectivity index (χ3n) is 9.56. The second kappa shape index (κ2) is 9.07. The molecule has 2 nitrogen and oxygen atoms in total. The summed E-state index contributed by atoms with van der Waals surface area (Å²) in [6, 6.07) is 42.7. The SMILES string of the molecule is Cc1ccc2c(c1)Oc1cc(C)ccc1N2c1ccc2c(c1)C(C)(C)c1cc(-c3ccc4sc5ccccc5c4c3)ccc1-2. The van der Waals surface area contributed by atoms with E-state index in [2.05, 4.69) is 148 Å². The highest BCUT2D eigenvalue weighted by Crippen LogP contribution is 2.55. The first-order valence-corrected chi connectivity index (χ1v) is 16.1. The fourth-order valence-corrected chi connectivity index (χ4v) is 8.34. The smallest absolute Gasteiger partial charge is 0.151 e. The van der Waals surface area contributed by atoms with Gasteiger partial charge in [0.05, 0.1) is 11.4 Å². The van der Waals surface area contributed by atoms with E-state index in [1.165, 1.54) is 64.7 Å². The van der Waals surface area contributed by atoms with Crippen LogP contribution in [0, 0.1) is 13.8 Å². The van der Waals surface area contributed by atoms with E-state index in [9.17, 15) is 0 Å². The first kappa shape index (κ1) is 25.6. The van der Waals surface area contributed by atoms with Crippen LogP contribution < -0.4 is 9.64 Å². The first-order valence-electron chi connectivity index (χ1n) is 15.3. The molecule has 0 saturated carbocycles. The summed E-state index contributed by atoms with van der Waals surface area (Å²) in [5.41, 5.74) is 13.4. The molecule has 9 rings (SSSR count). The van der Waals surface area contributed by atoms with Crippen molar-refractivity contribution < 1.29 is 4.74 Å². The Balaban J connectivity index is 1.16. The summed E-state index contributed by atoms with van der Waals surface area (Å²) in [5.74, 6) is 1.79. The van der Waals surface area contributed by atoms with Gasteiger partial charge in [0.25, 0.3) is 0 Å². The molecule has 2 aliphatic rings. The lowest BCUT2D eigenvalue weighted by Crippen LogP contribution is -2.18. The number of benzene rings is 6. The average molecular weight is 586 g/mol. The van der Waals surface area contributed by atoms with E-state index >= 15 is 0 Å². The maximum atomic E-state index is 6.43. The lowest BCUT2D eigenvalue weighted by Gasteiger charge is -2.34. The standard InChI is InChI=1S/C41H31NOS/c1-24-9-16-35-37(19-24)43-38-20-25(2)10-17-36(38)42(35)28-13-15-30-29-14-11-27(22-33(29)41(3,4)34(30)23-28)26-12-18-40-32(21-26)31-7-5-6-8-39(31)44-40/h5-23H,1-4H3. The summed E-state index contributed by atoms with van der Waals surface area (Å²) >= 11 is 1.87. The number of hydrogen-bond donors (Lipinski definition) is 0. The number of ether oxygens (including phenoxy) is 1. The molecule has 0 bridgehead atoms. The fraction of sp³-hybridized carbons (Fsp3) is 0.122. The molecular weight excluding hydrogens is 555 g/mol. The minimum Gasteiger partial charge on any atom is -0.453 e. The van der Waals surface area contributed by atoms with Crippen LogP contribution in [0.5, 0.6) is 11.5 Å². The second-order valence-electron chi connectivity index (χ2n) is 12.8. The highest BCUT2D eigenvalue weighted by atomic mass is 32.1. The van der Waals surface area contributed by atoms with Gasteiger partial charge in [0, 0.05) is 31.3 Å². The molecule has 0 spiro atoms. The molecule has 6 aromatic carbocycles. The molecule has 0 fully saturated rings. The number of thiophene rings is 1. The molecule has 0 saturated heterocycles. The minimum atomic E-state index is -0.144. The summed E-state index contributed by atoms with van der Waals surface area (Å²) in [5, 5.41) is 2.68. The van der Waals surface area contributed by atoms with Crippen molar-refractivity contribution in [2.45, 2.75) is 33.1 Å². The third-order valence-corrected chi connectivity index (χ3v) is 10.7. The monoisotopic (exact) mass is 585 g/mol. The van der Waals surface area contributed by atoms with Crippen molar-refractivity contribution in [3.8, 4) is 33.8 Å². The summed E-state index contributed by atoms with van der Waals surface area (Å²) < 4.78 is 9.12. The van der Waals surface area contributed by atoms with Crippen molar-refractivity contribution in [2.75, 3.05) is 4.90 Å². The van der Waals surface area contributed by atoms with Crippen LogP contribution in [-0.4, -0.2) is 0 Å².